The molecule has 1 aromatic carbocycles. The molecule has 4 rings (SSSR count). The summed E-state index contributed by atoms with van der Waals surface area (Å²) in [7, 11) is 0. The second-order valence-electron chi connectivity index (χ2n) is 5.56. The van der Waals surface area contributed by atoms with Crippen molar-refractivity contribution in [3.63, 3.8) is 0 Å². The third-order valence-corrected chi connectivity index (χ3v) is 3.95. The Bertz CT molecular complexity index is 1030. The lowest BCUT2D eigenvalue weighted by atomic mass is 10.1. The topological polar surface area (TPSA) is 72.2 Å². The maximum atomic E-state index is 12.7. The highest BCUT2D eigenvalue weighted by Gasteiger charge is 2.18. The van der Waals surface area contributed by atoms with Crippen molar-refractivity contribution in [1.29, 1.82) is 0 Å². The molecule has 24 heavy (non-hydrogen) atoms. The van der Waals surface area contributed by atoms with E-state index in [2.05, 4.69) is 20.5 Å². The van der Waals surface area contributed by atoms with Crippen LogP contribution in [0.1, 0.15) is 29.1 Å². The first kappa shape index (κ1) is 14.3. The molecule has 0 aliphatic heterocycles. The van der Waals surface area contributed by atoms with E-state index in [9.17, 15) is 4.79 Å². The van der Waals surface area contributed by atoms with Gasteiger partial charge in [0.15, 0.2) is 11.5 Å². The summed E-state index contributed by atoms with van der Waals surface area (Å²) >= 11 is 0. The van der Waals surface area contributed by atoms with Gasteiger partial charge in [0, 0.05) is 17.8 Å². The zero-order valence-electron chi connectivity index (χ0n) is 13.0. The molecule has 4 aromatic rings. The van der Waals surface area contributed by atoms with Crippen molar-refractivity contribution < 1.29 is 4.79 Å². The Balaban J connectivity index is 1.66. The number of aromatic nitrogens is 4. The number of benzene rings is 1. The standard InChI is InChI=1S/C18H15N5O/c1-12(17-22-21-15-9-2-3-11-23(15)17)20-18(24)14-8-4-6-13-7-5-10-19-16(13)14/h2-12H,1H3,(H,20,24). The number of hydrogen-bond donors (Lipinski definition) is 1. The molecule has 0 aliphatic carbocycles. The van der Waals surface area contributed by atoms with E-state index in [0.29, 0.717) is 16.9 Å². The number of carbonyl (C=O) groups is 1. The highest BCUT2D eigenvalue weighted by Crippen LogP contribution is 2.18. The number of fused-ring (bicyclic) bond motifs is 2. The molecule has 1 unspecified atom stereocenters. The van der Waals surface area contributed by atoms with Crippen LogP contribution in [0, 0.1) is 0 Å². The second kappa shape index (κ2) is 5.73. The lowest BCUT2D eigenvalue weighted by Gasteiger charge is -2.13. The Morgan fingerprint density at radius 3 is 2.88 bits per heavy atom. The minimum atomic E-state index is -0.283. The SMILES string of the molecule is CC(NC(=O)c1cccc2cccnc12)c1nnc2ccccn12. The maximum absolute atomic E-state index is 12.7. The average molecular weight is 317 g/mol. The lowest BCUT2D eigenvalue weighted by Crippen LogP contribution is -2.28. The van der Waals surface area contributed by atoms with E-state index in [1.165, 1.54) is 0 Å². The summed E-state index contributed by atoms with van der Waals surface area (Å²) in [6.07, 6.45) is 3.57. The van der Waals surface area contributed by atoms with E-state index in [1.54, 1.807) is 12.3 Å². The molecule has 3 heterocycles. The van der Waals surface area contributed by atoms with E-state index in [-0.39, 0.29) is 11.9 Å². The number of rotatable bonds is 3. The Morgan fingerprint density at radius 2 is 1.96 bits per heavy atom. The van der Waals surface area contributed by atoms with E-state index >= 15 is 0 Å². The predicted octanol–water partition coefficient (Wildman–Crippen LogP) is 2.77. The molecule has 0 aliphatic rings. The van der Waals surface area contributed by atoms with Crippen LogP contribution in [0.4, 0.5) is 0 Å². The average Bonchev–Trinajstić information content (AvgIpc) is 3.05. The van der Waals surface area contributed by atoms with Crippen LogP contribution in [0.25, 0.3) is 16.6 Å². The highest BCUT2D eigenvalue weighted by molar-refractivity contribution is 6.05. The van der Waals surface area contributed by atoms with Crippen molar-refractivity contribution in [3.05, 3.63) is 72.3 Å². The van der Waals surface area contributed by atoms with Gasteiger partial charge in [-0.2, -0.15) is 0 Å². The molecule has 0 bridgehead atoms. The Labute approximate surface area is 138 Å². The first-order valence-electron chi connectivity index (χ1n) is 7.68. The summed E-state index contributed by atoms with van der Waals surface area (Å²) in [6.45, 7) is 1.89. The molecule has 118 valence electrons. The molecule has 0 saturated heterocycles. The first-order valence-corrected chi connectivity index (χ1v) is 7.68. The molecule has 3 aromatic heterocycles. The third kappa shape index (κ3) is 2.38. The second-order valence-corrected chi connectivity index (χ2v) is 5.56. The summed E-state index contributed by atoms with van der Waals surface area (Å²) in [5.74, 6) is 0.506. The van der Waals surface area contributed by atoms with Crippen LogP contribution in [0.3, 0.4) is 0 Å². The van der Waals surface area contributed by atoms with Gasteiger partial charge >= 0.3 is 0 Å². The summed E-state index contributed by atoms with van der Waals surface area (Å²) < 4.78 is 1.87. The van der Waals surface area contributed by atoms with E-state index in [0.717, 1.165) is 11.0 Å². The number of para-hydroxylation sites is 1. The Hall–Kier alpha value is -3.28. The number of nitrogens with one attached hydrogen (secondary N) is 1. The van der Waals surface area contributed by atoms with Crippen LogP contribution in [0.15, 0.2) is 60.9 Å². The fourth-order valence-corrected chi connectivity index (χ4v) is 2.78. The molecule has 0 fully saturated rings. The van der Waals surface area contributed by atoms with Gasteiger partial charge in [0.05, 0.1) is 17.1 Å². The largest absolute Gasteiger partial charge is 0.342 e. The van der Waals surface area contributed by atoms with Crippen molar-refractivity contribution >= 4 is 22.5 Å². The van der Waals surface area contributed by atoms with Crippen molar-refractivity contribution in [2.45, 2.75) is 13.0 Å². The van der Waals surface area contributed by atoms with E-state index in [4.69, 9.17) is 0 Å². The molecule has 6 heteroatoms. The normalized spacial score (nSPS) is 12.4. The van der Waals surface area contributed by atoms with Crippen LogP contribution in [-0.2, 0) is 0 Å². The fourth-order valence-electron chi connectivity index (χ4n) is 2.78. The first-order chi connectivity index (χ1) is 11.7. The maximum Gasteiger partial charge on any atom is 0.254 e. The van der Waals surface area contributed by atoms with Crippen molar-refractivity contribution in [2.24, 2.45) is 0 Å². The van der Waals surface area contributed by atoms with Gasteiger partial charge in [-0.15, -0.1) is 10.2 Å². The molecular formula is C18H15N5O. The Morgan fingerprint density at radius 1 is 1.08 bits per heavy atom. The van der Waals surface area contributed by atoms with Crippen LogP contribution in [0.2, 0.25) is 0 Å². The van der Waals surface area contributed by atoms with Crippen molar-refractivity contribution in [3.8, 4) is 0 Å². The molecule has 1 N–H and O–H groups in total. The molecule has 1 atom stereocenters. The predicted molar refractivity (Wildman–Crippen MR) is 90.6 cm³/mol. The quantitative estimate of drug-likeness (QED) is 0.630. The Kier molecular flexibility index (Phi) is 3.42. The van der Waals surface area contributed by atoms with Crippen molar-refractivity contribution in [2.75, 3.05) is 0 Å². The van der Waals surface area contributed by atoms with Crippen molar-refractivity contribution in [1.82, 2.24) is 24.9 Å². The molecule has 6 nitrogen and oxygen atoms in total. The monoisotopic (exact) mass is 317 g/mol. The van der Waals surface area contributed by atoms with Gasteiger partial charge in [-0.3, -0.25) is 14.2 Å². The van der Waals surface area contributed by atoms with Gasteiger partial charge in [-0.05, 0) is 31.2 Å². The zero-order chi connectivity index (χ0) is 16.5. The van der Waals surface area contributed by atoms with Gasteiger partial charge in [0.2, 0.25) is 0 Å². The van der Waals surface area contributed by atoms with Gasteiger partial charge in [-0.1, -0.05) is 24.3 Å². The van der Waals surface area contributed by atoms with Crippen LogP contribution in [-0.4, -0.2) is 25.5 Å². The number of carbonyl (C=O) groups excluding carboxylic acids is 1. The van der Waals surface area contributed by atoms with Gasteiger partial charge < -0.3 is 5.32 Å². The van der Waals surface area contributed by atoms with Crippen LogP contribution >= 0.6 is 0 Å². The summed E-state index contributed by atoms with van der Waals surface area (Å²) in [5.41, 5.74) is 1.99. The van der Waals surface area contributed by atoms with Crippen LogP contribution in [0.5, 0.6) is 0 Å². The number of amides is 1. The molecule has 0 radical (unpaired) electrons. The molecular weight excluding hydrogens is 302 g/mol. The number of nitrogens with zero attached hydrogens (tertiary/aromatic N) is 4. The smallest absolute Gasteiger partial charge is 0.254 e. The summed E-state index contributed by atoms with van der Waals surface area (Å²) in [5, 5.41) is 12.2. The zero-order valence-corrected chi connectivity index (χ0v) is 13.0. The minimum absolute atomic E-state index is 0.181. The van der Waals surface area contributed by atoms with Gasteiger partial charge in [0.25, 0.3) is 5.91 Å². The highest BCUT2D eigenvalue weighted by atomic mass is 16.1. The minimum Gasteiger partial charge on any atom is -0.342 e. The fraction of sp³-hybridized carbons (Fsp3) is 0.111. The number of hydrogen-bond acceptors (Lipinski definition) is 4. The molecule has 0 saturated carbocycles. The van der Waals surface area contributed by atoms with E-state index in [1.807, 2.05) is 60.0 Å². The third-order valence-electron chi connectivity index (χ3n) is 3.95. The summed E-state index contributed by atoms with van der Waals surface area (Å²) in [4.78, 5) is 17.0. The van der Waals surface area contributed by atoms with E-state index < -0.39 is 0 Å². The van der Waals surface area contributed by atoms with Gasteiger partial charge in [-0.25, -0.2) is 0 Å². The van der Waals surface area contributed by atoms with Crippen LogP contribution < -0.4 is 5.32 Å². The summed E-state index contributed by atoms with van der Waals surface area (Å²) in [6, 6.07) is 14.8. The number of pyridine rings is 2. The molecule has 1 amide bonds. The molecule has 0 spiro atoms. The lowest BCUT2D eigenvalue weighted by molar-refractivity contribution is 0.0939. The van der Waals surface area contributed by atoms with Gasteiger partial charge in [0.1, 0.15) is 0 Å².